The van der Waals surface area contributed by atoms with Crippen molar-refractivity contribution in [3.63, 3.8) is 0 Å². The van der Waals surface area contributed by atoms with E-state index in [0.717, 1.165) is 25.9 Å². The van der Waals surface area contributed by atoms with E-state index in [9.17, 15) is 18.0 Å². The van der Waals surface area contributed by atoms with Crippen molar-refractivity contribution in [3.05, 3.63) is 29.8 Å². The van der Waals surface area contributed by atoms with Crippen molar-refractivity contribution in [1.29, 1.82) is 0 Å². The summed E-state index contributed by atoms with van der Waals surface area (Å²) in [6.45, 7) is 5.95. The van der Waals surface area contributed by atoms with Gasteiger partial charge in [-0.05, 0) is 50.7 Å². The molecule has 2 aliphatic rings. The van der Waals surface area contributed by atoms with E-state index in [-0.39, 0.29) is 22.5 Å². The number of carbonyl (C=O) groups excluding carboxylic acids is 2. The van der Waals surface area contributed by atoms with Crippen molar-refractivity contribution in [2.75, 3.05) is 26.2 Å². The zero-order valence-corrected chi connectivity index (χ0v) is 16.9. The molecule has 0 N–H and O–H groups in total. The number of nitrogens with zero attached hydrogens (tertiary/aromatic N) is 2. The van der Waals surface area contributed by atoms with Crippen molar-refractivity contribution in [1.82, 2.24) is 9.21 Å². The average Bonchev–Trinajstić information content (AvgIpc) is 2.68. The van der Waals surface area contributed by atoms with Gasteiger partial charge in [0.15, 0.2) is 5.78 Å². The molecule has 0 saturated carbocycles. The van der Waals surface area contributed by atoms with Gasteiger partial charge in [-0.3, -0.25) is 9.59 Å². The molecule has 0 atom stereocenters. The van der Waals surface area contributed by atoms with Gasteiger partial charge in [0.25, 0.3) is 0 Å². The Morgan fingerprint density at radius 2 is 1.63 bits per heavy atom. The summed E-state index contributed by atoms with van der Waals surface area (Å²) in [5.74, 6) is 0.602. The van der Waals surface area contributed by atoms with Crippen LogP contribution < -0.4 is 0 Å². The van der Waals surface area contributed by atoms with E-state index < -0.39 is 10.0 Å². The van der Waals surface area contributed by atoms with Crippen LogP contribution in [0, 0.1) is 11.8 Å². The van der Waals surface area contributed by atoms with Crippen molar-refractivity contribution in [2.24, 2.45) is 11.8 Å². The maximum atomic E-state index is 12.9. The average molecular weight is 393 g/mol. The molecule has 2 heterocycles. The third-order valence-corrected chi connectivity index (χ3v) is 7.67. The second-order valence-corrected chi connectivity index (χ2v) is 9.71. The first-order valence-electron chi connectivity index (χ1n) is 9.69. The van der Waals surface area contributed by atoms with Gasteiger partial charge in [-0.25, -0.2) is 8.42 Å². The second-order valence-electron chi connectivity index (χ2n) is 7.77. The van der Waals surface area contributed by atoms with Crippen LogP contribution in [-0.2, 0) is 14.8 Å². The highest BCUT2D eigenvalue weighted by Gasteiger charge is 2.34. The fraction of sp³-hybridized carbons (Fsp3) is 0.600. The molecule has 2 aliphatic heterocycles. The lowest BCUT2D eigenvalue weighted by Crippen LogP contribution is -2.46. The lowest BCUT2D eigenvalue weighted by atomic mass is 9.93. The molecule has 148 valence electrons. The first-order chi connectivity index (χ1) is 12.8. The van der Waals surface area contributed by atoms with Gasteiger partial charge in [0.1, 0.15) is 0 Å². The summed E-state index contributed by atoms with van der Waals surface area (Å²) in [6.07, 6.45) is 3.20. The van der Waals surface area contributed by atoms with Crippen molar-refractivity contribution >= 4 is 21.7 Å². The van der Waals surface area contributed by atoms with Crippen LogP contribution in [0.2, 0.25) is 0 Å². The highest BCUT2D eigenvalue weighted by Crippen LogP contribution is 2.27. The number of sulfonamides is 1. The van der Waals surface area contributed by atoms with E-state index in [2.05, 4.69) is 6.92 Å². The number of hydrogen-bond acceptors (Lipinski definition) is 4. The zero-order chi connectivity index (χ0) is 19.6. The van der Waals surface area contributed by atoms with Crippen LogP contribution in [0.5, 0.6) is 0 Å². The number of carbonyl (C=O) groups is 2. The molecule has 3 rings (SSSR count). The van der Waals surface area contributed by atoms with Gasteiger partial charge in [-0.2, -0.15) is 4.31 Å². The first-order valence-corrected chi connectivity index (χ1v) is 11.1. The molecule has 0 aromatic heterocycles. The third kappa shape index (κ3) is 4.41. The highest BCUT2D eigenvalue weighted by molar-refractivity contribution is 7.89. The van der Waals surface area contributed by atoms with Crippen LogP contribution in [0.4, 0.5) is 0 Å². The fourth-order valence-electron chi connectivity index (χ4n) is 3.85. The minimum atomic E-state index is -3.64. The molecule has 0 aliphatic carbocycles. The largest absolute Gasteiger partial charge is 0.342 e. The minimum Gasteiger partial charge on any atom is -0.342 e. The summed E-state index contributed by atoms with van der Waals surface area (Å²) in [4.78, 5) is 26.4. The van der Waals surface area contributed by atoms with Crippen molar-refractivity contribution in [2.45, 2.75) is 44.4 Å². The predicted octanol–water partition coefficient (Wildman–Crippen LogP) is 2.55. The van der Waals surface area contributed by atoms with Gasteiger partial charge in [-0.1, -0.05) is 19.1 Å². The zero-order valence-electron chi connectivity index (χ0n) is 16.1. The molecule has 6 nitrogen and oxygen atoms in total. The Balaban J connectivity index is 1.63. The number of hydrogen-bond donors (Lipinski definition) is 0. The van der Waals surface area contributed by atoms with Crippen LogP contribution in [0.25, 0.3) is 0 Å². The second kappa shape index (κ2) is 8.10. The molecule has 1 aromatic rings. The van der Waals surface area contributed by atoms with Crippen LogP contribution in [0.3, 0.4) is 0 Å². The summed E-state index contributed by atoms with van der Waals surface area (Å²) in [5.41, 5.74) is 0.389. The van der Waals surface area contributed by atoms with Gasteiger partial charge in [-0.15, -0.1) is 0 Å². The molecule has 2 fully saturated rings. The summed E-state index contributed by atoms with van der Waals surface area (Å²) in [5, 5.41) is 0. The van der Waals surface area contributed by atoms with Crippen molar-refractivity contribution < 1.29 is 18.0 Å². The van der Waals surface area contributed by atoms with Crippen LogP contribution >= 0.6 is 0 Å². The number of benzene rings is 1. The topological polar surface area (TPSA) is 74.8 Å². The monoisotopic (exact) mass is 392 g/mol. The van der Waals surface area contributed by atoms with Gasteiger partial charge >= 0.3 is 0 Å². The number of rotatable bonds is 4. The molecule has 0 unspecified atom stereocenters. The molecule has 0 bridgehead atoms. The van der Waals surface area contributed by atoms with E-state index in [1.165, 1.54) is 23.4 Å². The number of piperidine rings is 2. The van der Waals surface area contributed by atoms with Gasteiger partial charge in [0.05, 0.1) is 4.90 Å². The van der Waals surface area contributed by atoms with E-state index in [1.54, 1.807) is 12.1 Å². The Kier molecular flexibility index (Phi) is 6.01. The predicted molar refractivity (Wildman–Crippen MR) is 103 cm³/mol. The summed E-state index contributed by atoms with van der Waals surface area (Å²) < 4.78 is 27.2. The molecule has 7 heteroatoms. The molecular formula is C20H28N2O4S. The summed E-state index contributed by atoms with van der Waals surface area (Å²) in [7, 11) is -3.64. The number of Topliss-reactive ketones (excluding diaryl/α,β-unsaturated/α-hetero) is 1. The molecule has 0 radical (unpaired) electrons. The maximum absolute atomic E-state index is 12.9. The molecular weight excluding hydrogens is 364 g/mol. The Bertz CT molecular complexity index is 805. The normalized spacial score (nSPS) is 20.6. The summed E-state index contributed by atoms with van der Waals surface area (Å²) >= 11 is 0. The Morgan fingerprint density at radius 1 is 1.00 bits per heavy atom. The van der Waals surface area contributed by atoms with Crippen LogP contribution in [-0.4, -0.2) is 55.5 Å². The Hall–Kier alpha value is -1.73. The quantitative estimate of drug-likeness (QED) is 0.738. The van der Waals surface area contributed by atoms with Gasteiger partial charge in [0.2, 0.25) is 15.9 Å². The lowest BCUT2D eigenvalue weighted by Gasteiger charge is -2.36. The SMILES string of the molecule is CC(=O)c1cccc(S(=O)(=O)N2CCC(C(=O)N3CCC(C)CC3)CC2)c1. The highest BCUT2D eigenvalue weighted by atomic mass is 32.2. The number of likely N-dealkylation sites (tertiary alicyclic amines) is 1. The Labute approximate surface area is 161 Å². The first kappa shape index (κ1) is 20.0. The standard InChI is InChI=1S/C20H28N2O4S/c1-15-6-10-21(11-7-15)20(24)17-8-12-22(13-9-17)27(25,26)19-5-3-4-18(14-19)16(2)23/h3-5,14-15,17H,6-13H2,1-2H3. The maximum Gasteiger partial charge on any atom is 0.243 e. The number of amides is 1. The van der Waals surface area contributed by atoms with E-state index >= 15 is 0 Å². The Morgan fingerprint density at radius 3 is 2.22 bits per heavy atom. The van der Waals surface area contributed by atoms with E-state index in [4.69, 9.17) is 0 Å². The molecule has 1 aromatic carbocycles. The lowest BCUT2D eigenvalue weighted by molar-refractivity contribution is -0.138. The van der Waals surface area contributed by atoms with Gasteiger partial charge < -0.3 is 4.90 Å². The molecule has 0 spiro atoms. The smallest absolute Gasteiger partial charge is 0.243 e. The van der Waals surface area contributed by atoms with E-state index in [1.807, 2.05) is 4.90 Å². The van der Waals surface area contributed by atoms with E-state index in [0.29, 0.717) is 37.4 Å². The number of ketones is 1. The molecule has 2 saturated heterocycles. The third-order valence-electron chi connectivity index (χ3n) is 5.78. The van der Waals surface area contributed by atoms with Crippen LogP contribution in [0.1, 0.15) is 49.9 Å². The van der Waals surface area contributed by atoms with Crippen molar-refractivity contribution in [3.8, 4) is 0 Å². The van der Waals surface area contributed by atoms with Crippen LogP contribution in [0.15, 0.2) is 29.2 Å². The van der Waals surface area contributed by atoms with Gasteiger partial charge in [0, 0.05) is 37.7 Å². The molecule has 1 amide bonds. The minimum absolute atomic E-state index is 0.0894. The summed E-state index contributed by atoms with van der Waals surface area (Å²) in [6, 6.07) is 6.17. The molecule has 27 heavy (non-hydrogen) atoms. The fourth-order valence-corrected chi connectivity index (χ4v) is 5.37.